The lowest BCUT2D eigenvalue weighted by Gasteiger charge is -2.37. The van der Waals surface area contributed by atoms with Crippen molar-refractivity contribution in [2.45, 2.75) is 18.9 Å². The highest BCUT2D eigenvalue weighted by Crippen LogP contribution is 2.22. The average molecular weight is 357 g/mol. The summed E-state index contributed by atoms with van der Waals surface area (Å²) in [6.07, 6.45) is 1.43. The lowest BCUT2D eigenvalue weighted by Crippen LogP contribution is -2.52. The van der Waals surface area contributed by atoms with Gasteiger partial charge >= 0.3 is 0 Å². The minimum absolute atomic E-state index is 0.0249. The van der Waals surface area contributed by atoms with Crippen molar-refractivity contribution in [2.75, 3.05) is 64.9 Å². The number of hydrogen-bond acceptors (Lipinski definition) is 6. The Bertz CT molecular complexity index is 439. The summed E-state index contributed by atoms with van der Waals surface area (Å²) >= 11 is 1.33. The molecule has 0 bridgehead atoms. The highest BCUT2D eigenvalue weighted by atomic mass is 32.2. The molecule has 0 aromatic rings. The molecule has 3 rings (SSSR count). The van der Waals surface area contributed by atoms with Gasteiger partial charge in [-0.15, -0.1) is 0 Å². The summed E-state index contributed by atoms with van der Waals surface area (Å²) in [7, 11) is 0. The lowest BCUT2D eigenvalue weighted by atomic mass is 9.97. The molecule has 136 valence electrons. The number of carbonyl (C=O) groups excluding carboxylic acids is 2. The van der Waals surface area contributed by atoms with Crippen LogP contribution in [0.3, 0.4) is 0 Å². The van der Waals surface area contributed by atoms with Crippen molar-refractivity contribution < 1.29 is 19.1 Å². The third-order valence-corrected chi connectivity index (χ3v) is 5.88. The van der Waals surface area contributed by atoms with Crippen molar-refractivity contribution in [1.82, 2.24) is 15.1 Å². The van der Waals surface area contributed by atoms with E-state index < -0.39 is 0 Å². The molecule has 8 heteroatoms. The van der Waals surface area contributed by atoms with Crippen LogP contribution < -0.4 is 5.32 Å². The van der Waals surface area contributed by atoms with Gasteiger partial charge in [-0.1, -0.05) is 11.8 Å². The highest BCUT2D eigenvalue weighted by Gasteiger charge is 2.31. The molecule has 0 spiro atoms. The second-order valence-corrected chi connectivity index (χ2v) is 7.54. The topological polar surface area (TPSA) is 71.1 Å². The van der Waals surface area contributed by atoms with E-state index in [0.717, 1.165) is 58.2 Å². The Labute approximate surface area is 147 Å². The molecule has 1 N–H and O–H groups in total. The van der Waals surface area contributed by atoms with E-state index in [1.54, 1.807) is 4.90 Å². The number of nitrogens with zero attached hydrogens (tertiary/aromatic N) is 2. The van der Waals surface area contributed by atoms with Crippen LogP contribution in [0.25, 0.3) is 0 Å². The Hall–Kier alpha value is -0.830. The lowest BCUT2D eigenvalue weighted by molar-refractivity contribution is -0.121. The Morgan fingerprint density at radius 3 is 2.75 bits per heavy atom. The molecule has 0 aliphatic carbocycles. The minimum Gasteiger partial charge on any atom is -0.381 e. The second-order valence-electron chi connectivity index (χ2n) is 6.49. The van der Waals surface area contributed by atoms with E-state index in [4.69, 9.17) is 9.47 Å². The van der Waals surface area contributed by atoms with E-state index in [0.29, 0.717) is 31.5 Å². The van der Waals surface area contributed by atoms with Crippen molar-refractivity contribution in [1.29, 1.82) is 0 Å². The molecule has 2 amide bonds. The molecule has 3 saturated heterocycles. The standard InChI is InChI=1S/C16H27N3O4S/c20-15(1-3-19-6-10-24-16(19)21)17-11-14(13-2-7-23-12-13)18-4-8-22-9-5-18/h13-14H,1-12H2,(H,17,20). The van der Waals surface area contributed by atoms with Crippen molar-refractivity contribution in [3.8, 4) is 0 Å². The summed E-state index contributed by atoms with van der Waals surface area (Å²) in [5.74, 6) is 1.33. The fraction of sp³-hybridized carbons (Fsp3) is 0.875. The zero-order valence-electron chi connectivity index (χ0n) is 14.1. The Balaban J connectivity index is 1.45. The number of ether oxygens (including phenoxy) is 2. The van der Waals surface area contributed by atoms with Gasteiger partial charge in [-0.25, -0.2) is 0 Å². The van der Waals surface area contributed by atoms with Crippen LogP contribution >= 0.6 is 11.8 Å². The predicted octanol–water partition coefficient (Wildman–Crippen LogP) is 0.399. The van der Waals surface area contributed by atoms with Gasteiger partial charge in [-0.3, -0.25) is 14.5 Å². The molecule has 3 fully saturated rings. The third kappa shape index (κ3) is 4.84. The predicted molar refractivity (Wildman–Crippen MR) is 92.2 cm³/mol. The maximum Gasteiger partial charge on any atom is 0.281 e. The smallest absolute Gasteiger partial charge is 0.281 e. The van der Waals surface area contributed by atoms with Crippen LogP contribution in [-0.4, -0.2) is 91.9 Å². The van der Waals surface area contributed by atoms with Crippen LogP contribution in [0.1, 0.15) is 12.8 Å². The molecule has 24 heavy (non-hydrogen) atoms. The van der Waals surface area contributed by atoms with Gasteiger partial charge in [0, 0.05) is 63.5 Å². The van der Waals surface area contributed by atoms with E-state index in [1.807, 2.05) is 0 Å². The number of amides is 2. The Kier molecular flexibility index (Phi) is 6.76. The van der Waals surface area contributed by atoms with Crippen molar-refractivity contribution in [3.63, 3.8) is 0 Å². The highest BCUT2D eigenvalue weighted by molar-refractivity contribution is 8.13. The minimum atomic E-state index is 0.0249. The first-order valence-corrected chi connectivity index (χ1v) is 9.80. The molecular weight excluding hydrogens is 330 g/mol. The molecule has 3 aliphatic heterocycles. The second kappa shape index (κ2) is 9.03. The number of carbonyl (C=O) groups is 2. The quantitative estimate of drug-likeness (QED) is 0.711. The number of thioether (sulfide) groups is 1. The first kappa shape index (κ1) is 18.0. The van der Waals surface area contributed by atoms with E-state index in [9.17, 15) is 9.59 Å². The fourth-order valence-electron chi connectivity index (χ4n) is 3.53. The zero-order valence-corrected chi connectivity index (χ0v) is 14.9. The van der Waals surface area contributed by atoms with Gasteiger partial charge in [0.1, 0.15) is 0 Å². The van der Waals surface area contributed by atoms with E-state index in [2.05, 4.69) is 10.2 Å². The molecule has 2 atom stereocenters. The van der Waals surface area contributed by atoms with E-state index in [1.165, 1.54) is 11.8 Å². The van der Waals surface area contributed by atoms with Crippen LogP contribution in [-0.2, 0) is 14.3 Å². The van der Waals surface area contributed by atoms with Gasteiger partial charge in [-0.05, 0) is 6.42 Å². The number of morpholine rings is 1. The number of hydrogen-bond donors (Lipinski definition) is 1. The van der Waals surface area contributed by atoms with Crippen LogP contribution in [0.15, 0.2) is 0 Å². The van der Waals surface area contributed by atoms with Crippen LogP contribution in [0, 0.1) is 5.92 Å². The van der Waals surface area contributed by atoms with Gasteiger partial charge in [0.05, 0.1) is 19.8 Å². The molecular formula is C16H27N3O4S. The van der Waals surface area contributed by atoms with Crippen molar-refractivity contribution in [3.05, 3.63) is 0 Å². The summed E-state index contributed by atoms with van der Waals surface area (Å²) in [5, 5.41) is 3.17. The number of rotatable bonds is 7. The molecule has 0 saturated carbocycles. The Morgan fingerprint density at radius 2 is 2.08 bits per heavy atom. The van der Waals surface area contributed by atoms with Crippen LogP contribution in [0.4, 0.5) is 4.79 Å². The van der Waals surface area contributed by atoms with Gasteiger partial charge in [-0.2, -0.15) is 0 Å². The maximum atomic E-state index is 12.2. The van der Waals surface area contributed by atoms with Gasteiger partial charge in [0.25, 0.3) is 5.24 Å². The number of nitrogens with one attached hydrogen (secondary N) is 1. The Morgan fingerprint density at radius 1 is 1.25 bits per heavy atom. The van der Waals surface area contributed by atoms with Crippen LogP contribution in [0.2, 0.25) is 0 Å². The normalized spacial score (nSPS) is 26.8. The molecule has 0 aromatic heterocycles. The first-order valence-electron chi connectivity index (χ1n) is 8.82. The molecule has 2 unspecified atom stereocenters. The summed E-state index contributed by atoms with van der Waals surface area (Å²) < 4.78 is 11.0. The first-order chi connectivity index (χ1) is 11.7. The fourth-order valence-corrected chi connectivity index (χ4v) is 4.38. The van der Waals surface area contributed by atoms with E-state index >= 15 is 0 Å². The third-order valence-electron chi connectivity index (χ3n) is 4.99. The summed E-state index contributed by atoms with van der Waals surface area (Å²) in [6, 6.07) is 0.310. The SMILES string of the molecule is O=C(CCN1CCSC1=O)NCC(C1CCOC1)N1CCOCC1. The average Bonchev–Trinajstić information content (AvgIpc) is 3.26. The van der Waals surface area contributed by atoms with Gasteiger partial charge in [0.2, 0.25) is 5.91 Å². The monoisotopic (exact) mass is 357 g/mol. The summed E-state index contributed by atoms with van der Waals surface area (Å²) in [4.78, 5) is 27.9. The summed E-state index contributed by atoms with van der Waals surface area (Å²) in [5.41, 5.74) is 0. The zero-order chi connectivity index (χ0) is 16.8. The molecule has 7 nitrogen and oxygen atoms in total. The van der Waals surface area contributed by atoms with Crippen molar-refractivity contribution in [2.24, 2.45) is 5.92 Å². The van der Waals surface area contributed by atoms with Gasteiger partial charge < -0.3 is 19.7 Å². The maximum absolute atomic E-state index is 12.2. The molecule has 0 radical (unpaired) electrons. The summed E-state index contributed by atoms with van der Waals surface area (Å²) in [6.45, 7) is 6.85. The molecule has 3 heterocycles. The molecule has 3 aliphatic rings. The largest absolute Gasteiger partial charge is 0.381 e. The van der Waals surface area contributed by atoms with Crippen LogP contribution in [0.5, 0.6) is 0 Å². The molecule has 0 aromatic carbocycles. The van der Waals surface area contributed by atoms with Crippen molar-refractivity contribution >= 4 is 22.9 Å². The van der Waals surface area contributed by atoms with E-state index in [-0.39, 0.29) is 11.1 Å². The van der Waals surface area contributed by atoms with Gasteiger partial charge in [0.15, 0.2) is 0 Å².